The number of fused-ring (bicyclic) bond motifs is 1. The van der Waals surface area contributed by atoms with Crippen molar-refractivity contribution in [1.29, 1.82) is 5.26 Å². The van der Waals surface area contributed by atoms with Crippen LogP contribution < -0.4 is 0 Å². The van der Waals surface area contributed by atoms with Gasteiger partial charge in [0, 0.05) is 0 Å². The van der Waals surface area contributed by atoms with Crippen LogP contribution in [0.3, 0.4) is 0 Å². The predicted octanol–water partition coefficient (Wildman–Crippen LogP) is 3.77. The topological polar surface area (TPSA) is 23.8 Å². The third-order valence-corrected chi connectivity index (χ3v) is 2.47. The monoisotopic (exact) mass is 193 g/mol. The van der Waals surface area contributed by atoms with Gasteiger partial charge in [0.2, 0.25) is 0 Å². The van der Waals surface area contributed by atoms with E-state index in [2.05, 4.69) is 18.2 Å². The van der Waals surface area contributed by atoms with Crippen molar-refractivity contribution in [3.8, 4) is 6.07 Å². The number of allylic oxidation sites excluding steroid dienone is 2. The minimum atomic E-state index is 0.723. The lowest BCUT2D eigenvalue weighted by Crippen LogP contribution is -1.81. The zero-order valence-electron chi connectivity index (χ0n) is 8.57. The molecule has 0 bridgehead atoms. The highest BCUT2D eigenvalue weighted by Crippen LogP contribution is 2.20. The van der Waals surface area contributed by atoms with Crippen LogP contribution in [0.2, 0.25) is 0 Å². The average Bonchev–Trinajstić information content (AvgIpc) is 2.30. The van der Waals surface area contributed by atoms with Crippen LogP contribution in [0.1, 0.15) is 12.5 Å². The molecule has 1 heteroatoms. The summed E-state index contributed by atoms with van der Waals surface area (Å²) in [7, 11) is 0. The van der Waals surface area contributed by atoms with Gasteiger partial charge in [-0.1, -0.05) is 42.5 Å². The Morgan fingerprint density at radius 2 is 1.87 bits per heavy atom. The Kier molecular flexibility index (Phi) is 2.51. The van der Waals surface area contributed by atoms with E-state index in [0.29, 0.717) is 0 Å². The Balaban J connectivity index is 2.62. The minimum Gasteiger partial charge on any atom is -0.192 e. The third kappa shape index (κ3) is 1.75. The highest BCUT2D eigenvalue weighted by molar-refractivity contribution is 5.88. The van der Waals surface area contributed by atoms with E-state index in [1.54, 1.807) is 0 Å². The maximum atomic E-state index is 8.93. The van der Waals surface area contributed by atoms with E-state index in [9.17, 15) is 0 Å². The fraction of sp³-hybridized carbons (Fsp3) is 0.0714. The van der Waals surface area contributed by atoms with E-state index in [0.717, 1.165) is 11.1 Å². The van der Waals surface area contributed by atoms with Crippen LogP contribution >= 0.6 is 0 Å². The quantitative estimate of drug-likeness (QED) is 0.632. The smallest absolute Gasteiger partial charge is 0.0994 e. The average molecular weight is 193 g/mol. The maximum Gasteiger partial charge on any atom is 0.0994 e. The van der Waals surface area contributed by atoms with Gasteiger partial charge in [-0.15, -0.1) is 0 Å². The van der Waals surface area contributed by atoms with E-state index < -0.39 is 0 Å². The lowest BCUT2D eigenvalue weighted by atomic mass is 10.0. The molecular formula is C14H11N. The molecule has 0 saturated heterocycles. The summed E-state index contributed by atoms with van der Waals surface area (Å²) >= 11 is 0. The third-order valence-electron chi connectivity index (χ3n) is 2.47. The summed E-state index contributed by atoms with van der Waals surface area (Å²) in [5, 5.41) is 11.3. The molecule has 2 aromatic carbocycles. The van der Waals surface area contributed by atoms with E-state index in [4.69, 9.17) is 5.26 Å². The van der Waals surface area contributed by atoms with Crippen molar-refractivity contribution < 1.29 is 0 Å². The van der Waals surface area contributed by atoms with Crippen molar-refractivity contribution in [3.05, 3.63) is 54.1 Å². The molecule has 0 spiro atoms. The number of rotatable bonds is 1. The van der Waals surface area contributed by atoms with Gasteiger partial charge in [0.1, 0.15) is 0 Å². The van der Waals surface area contributed by atoms with E-state index >= 15 is 0 Å². The van der Waals surface area contributed by atoms with Crippen LogP contribution in [-0.2, 0) is 0 Å². The Morgan fingerprint density at radius 3 is 2.53 bits per heavy atom. The second-order valence-electron chi connectivity index (χ2n) is 3.38. The normalized spacial score (nSPS) is 11.3. The first kappa shape index (κ1) is 9.48. The van der Waals surface area contributed by atoms with Crippen LogP contribution in [-0.4, -0.2) is 0 Å². The number of hydrogen-bond donors (Lipinski definition) is 0. The van der Waals surface area contributed by atoms with Crippen molar-refractivity contribution in [3.63, 3.8) is 0 Å². The van der Waals surface area contributed by atoms with Gasteiger partial charge in [0.15, 0.2) is 0 Å². The molecule has 0 unspecified atom stereocenters. The molecule has 0 atom stereocenters. The van der Waals surface area contributed by atoms with Gasteiger partial charge in [-0.25, -0.2) is 0 Å². The fourth-order valence-corrected chi connectivity index (χ4v) is 1.65. The van der Waals surface area contributed by atoms with Crippen molar-refractivity contribution >= 4 is 16.3 Å². The van der Waals surface area contributed by atoms with Crippen LogP contribution in [0.25, 0.3) is 16.3 Å². The Labute approximate surface area is 89.3 Å². The molecular weight excluding hydrogens is 182 g/mol. The standard InChI is InChI=1S/C14H11N/c1-2-11(10-15)14-8-7-12-5-3-4-6-13(12)9-14/h2-9H,1H3/b11-2+. The summed E-state index contributed by atoms with van der Waals surface area (Å²) < 4.78 is 0. The number of benzene rings is 2. The maximum absolute atomic E-state index is 8.93. The first-order chi connectivity index (χ1) is 7.35. The molecule has 0 fully saturated rings. The van der Waals surface area contributed by atoms with Gasteiger partial charge in [0.05, 0.1) is 11.6 Å². The second-order valence-corrected chi connectivity index (χ2v) is 3.38. The summed E-state index contributed by atoms with van der Waals surface area (Å²) in [6.45, 7) is 1.88. The van der Waals surface area contributed by atoms with E-state index in [-0.39, 0.29) is 0 Å². The molecule has 0 saturated carbocycles. The van der Waals surface area contributed by atoms with Crippen LogP contribution in [0, 0.1) is 11.3 Å². The lowest BCUT2D eigenvalue weighted by molar-refractivity contribution is 1.52. The van der Waals surface area contributed by atoms with Gasteiger partial charge in [-0.2, -0.15) is 5.26 Å². The molecule has 0 aliphatic carbocycles. The van der Waals surface area contributed by atoms with Gasteiger partial charge < -0.3 is 0 Å². The van der Waals surface area contributed by atoms with Gasteiger partial charge in [0.25, 0.3) is 0 Å². The molecule has 0 radical (unpaired) electrons. The van der Waals surface area contributed by atoms with Crippen molar-refractivity contribution in [2.24, 2.45) is 0 Å². The summed E-state index contributed by atoms with van der Waals surface area (Å²) in [5.41, 5.74) is 1.71. The highest BCUT2D eigenvalue weighted by Gasteiger charge is 1.99. The molecule has 2 aromatic rings. The number of nitriles is 1. The predicted molar refractivity (Wildman–Crippen MR) is 63.2 cm³/mol. The number of nitrogens with zero attached hydrogens (tertiary/aromatic N) is 1. The lowest BCUT2D eigenvalue weighted by Gasteiger charge is -2.01. The molecule has 0 amide bonds. The van der Waals surface area contributed by atoms with E-state index in [1.807, 2.05) is 43.3 Å². The summed E-state index contributed by atoms with van der Waals surface area (Å²) in [6, 6.07) is 16.4. The molecule has 0 aliphatic rings. The Hall–Kier alpha value is -2.07. The fourth-order valence-electron chi connectivity index (χ4n) is 1.65. The van der Waals surface area contributed by atoms with Gasteiger partial charge >= 0.3 is 0 Å². The van der Waals surface area contributed by atoms with Crippen molar-refractivity contribution in [1.82, 2.24) is 0 Å². The minimum absolute atomic E-state index is 0.723. The molecule has 0 aliphatic heterocycles. The number of hydrogen-bond acceptors (Lipinski definition) is 1. The van der Waals surface area contributed by atoms with Crippen LogP contribution in [0.4, 0.5) is 0 Å². The summed E-state index contributed by atoms with van der Waals surface area (Å²) in [5.74, 6) is 0. The Morgan fingerprint density at radius 1 is 1.13 bits per heavy atom. The summed E-state index contributed by atoms with van der Waals surface area (Å²) in [4.78, 5) is 0. The van der Waals surface area contributed by atoms with Crippen molar-refractivity contribution in [2.45, 2.75) is 6.92 Å². The molecule has 72 valence electrons. The highest BCUT2D eigenvalue weighted by atomic mass is 14.2. The SMILES string of the molecule is C/C=C(\C#N)c1ccc2ccccc2c1. The molecule has 0 aromatic heterocycles. The molecule has 0 N–H and O–H groups in total. The zero-order valence-corrected chi connectivity index (χ0v) is 8.57. The Bertz CT molecular complexity index is 559. The second kappa shape index (κ2) is 3.98. The van der Waals surface area contributed by atoms with Crippen LogP contribution in [0.5, 0.6) is 0 Å². The largest absolute Gasteiger partial charge is 0.192 e. The van der Waals surface area contributed by atoms with Gasteiger partial charge in [-0.05, 0) is 29.3 Å². The van der Waals surface area contributed by atoms with Crippen LogP contribution in [0.15, 0.2) is 48.5 Å². The zero-order chi connectivity index (χ0) is 10.7. The molecule has 1 nitrogen and oxygen atoms in total. The molecule has 2 rings (SSSR count). The first-order valence-electron chi connectivity index (χ1n) is 4.91. The first-order valence-corrected chi connectivity index (χ1v) is 4.91. The molecule has 15 heavy (non-hydrogen) atoms. The molecule has 0 heterocycles. The summed E-state index contributed by atoms with van der Waals surface area (Å²) in [6.07, 6.45) is 1.84. The van der Waals surface area contributed by atoms with Crippen molar-refractivity contribution in [2.75, 3.05) is 0 Å². The van der Waals surface area contributed by atoms with Gasteiger partial charge in [-0.3, -0.25) is 0 Å². The van der Waals surface area contributed by atoms with E-state index in [1.165, 1.54) is 10.8 Å².